The van der Waals surface area contributed by atoms with Crippen molar-refractivity contribution in [1.29, 1.82) is 0 Å². The molecule has 0 aromatic carbocycles. The highest BCUT2D eigenvalue weighted by Crippen LogP contribution is 2.00. The summed E-state index contributed by atoms with van der Waals surface area (Å²) in [5.74, 6) is 0. The first-order valence-electron chi connectivity index (χ1n) is 5.45. The van der Waals surface area contributed by atoms with E-state index in [0.717, 1.165) is 0 Å². The van der Waals surface area contributed by atoms with Gasteiger partial charge in [-0.3, -0.25) is 0 Å². The second kappa shape index (κ2) is 9.59. The molecule has 0 aliphatic rings. The number of nitrogens with one attached hydrogen (secondary N) is 1. The van der Waals surface area contributed by atoms with Crippen molar-refractivity contribution in [3.05, 3.63) is 0 Å². The third kappa shape index (κ3) is 7.90. The molecule has 0 radical (unpaired) electrons. The average molecular weight is 299 g/mol. The second-order valence-electron chi connectivity index (χ2n) is 3.50. The summed E-state index contributed by atoms with van der Waals surface area (Å²) in [5.41, 5.74) is 5.37. The first-order valence-corrected chi connectivity index (χ1v) is 7.29. The van der Waals surface area contributed by atoms with Crippen molar-refractivity contribution >= 4 is 27.4 Å². The molecule has 0 aromatic rings. The summed E-state index contributed by atoms with van der Waals surface area (Å²) in [4.78, 5) is 0.282. The second-order valence-corrected chi connectivity index (χ2v) is 5.78. The van der Waals surface area contributed by atoms with Gasteiger partial charge in [0.2, 0.25) is 0 Å². The molecule has 0 aliphatic heterocycles. The van der Waals surface area contributed by atoms with Crippen molar-refractivity contribution < 1.29 is 17.9 Å². The van der Waals surface area contributed by atoms with E-state index in [2.05, 4.69) is 4.72 Å². The molecule has 0 heterocycles. The number of ether oxygens (including phenoxy) is 2. The molecule has 108 valence electrons. The lowest BCUT2D eigenvalue weighted by atomic mass is 10.4. The first-order chi connectivity index (χ1) is 8.44. The zero-order chi connectivity index (χ0) is 14.0. The van der Waals surface area contributed by atoms with Crippen molar-refractivity contribution in [2.45, 2.75) is 6.42 Å². The molecule has 0 spiro atoms. The van der Waals surface area contributed by atoms with E-state index in [4.69, 9.17) is 27.4 Å². The van der Waals surface area contributed by atoms with Gasteiger partial charge in [-0.05, 0) is 0 Å². The molecule has 18 heavy (non-hydrogen) atoms. The van der Waals surface area contributed by atoms with Gasteiger partial charge in [-0.15, -0.1) is 0 Å². The van der Waals surface area contributed by atoms with Crippen LogP contribution in [0.1, 0.15) is 6.42 Å². The van der Waals surface area contributed by atoms with Gasteiger partial charge in [0.25, 0.3) is 10.2 Å². The Kier molecular flexibility index (Phi) is 9.42. The Balaban J connectivity index is 4.44. The third-order valence-corrected chi connectivity index (χ3v) is 3.90. The molecule has 0 atom stereocenters. The minimum absolute atomic E-state index is 0.218. The summed E-state index contributed by atoms with van der Waals surface area (Å²) >= 11 is 4.74. The molecule has 0 aliphatic carbocycles. The van der Waals surface area contributed by atoms with Gasteiger partial charge < -0.3 is 15.2 Å². The molecule has 3 N–H and O–H groups in total. The highest BCUT2D eigenvalue weighted by atomic mass is 32.2. The minimum atomic E-state index is -3.55. The largest absolute Gasteiger partial charge is 0.393 e. The lowest BCUT2D eigenvalue weighted by molar-refractivity contribution is 0.178. The van der Waals surface area contributed by atoms with Gasteiger partial charge in [0.05, 0.1) is 18.2 Å². The van der Waals surface area contributed by atoms with Crippen LogP contribution in [0, 0.1) is 0 Å². The van der Waals surface area contributed by atoms with Crippen LogP contribution >= 0.6 is 12.2 Å². The Hall–Kier alpha value is -0.320. The predicted octanol–water partition coefficient (Wildman–Crippen LogP) is -0.908. The third-order valence-electron chi connectivity index (χ3n) is 2.08. The van der Waals surface area contributed by atoms with Crippen LogP contribution in [-0.4, -0.2) is 64.8 Å². The van der Waals surface area contributed by atoms with Gasteiger partial charge >= 0.3 is 0 Å². The fraction of sp³-hybridized carbons (Fsp3) is 0.889. The quantitative estimate of drug-likeness (QED) is 0.379. The monoisotopic (exact) mass is 299 g/mol. The van der Waals surface area contributed by atoms with E-state index < -0.39 is 10.2 Å². The number of methoxy groups -OCH3 is 2. The zero-order valence-electron chi connectivity index (χ0n) is 10.7. The summed E-state index contributed by atoms with van der Waals surface area (Å²) in [7, 11) is -0.540. The number of nitrogens with two attached hydrogens (primary N) is 1. The standard InChI is InChI=1S/C9H21N3O4S2/c1-15-7-4-11-18(13,14)12(6-8-16-2)5-3-9(10)17/h11H,3-8H2,1-2H3,(H2,10,17). The Bertz CT molecular complexity index is 335. The van der Waals surface area contributed by atoms with Crippen LogP contribution in [-0.2, 0) is 19.7 Å². The van der Waals surface area contributed by atoms with E-state index >= 15 is 0 Å². The highest BCUT2D eigenvalue weighted by molar-refractivity contribution is 7.87. The fourth-order valence-electron chi connectivity index (χ4n) is 1.14. The van der Waals surface area contributed by atoms with Crippen molar-refractivity contribution in [2.75, 3.05) is 47.1 Å². The molecule has 9 heteroatoms. The summed E-state index contributed by atoms with van der Waals surface area (Å²) < 4.78 is 37.2. The van der Waals surface area contributed by atoms with Gasteiger partial charge in [0, 0.05) is 40.3 Å². The summed E-state index contributed by atoms with van der Waals surface area (Å²) in [5, 5.41) is 0. The van der Waals surface area contributed by atoms with E-state index in [1.807, 2.05) is 0 Å². The number of hydrogen-bond acceptors (Lipinski definition) is 5. The lowest BCUT2D eigenvalue weighted by Gasteiger charge is -2.21. The van der Waals surface area contributed by atoms with E-state index in [-0.39, 0.29) is 24.6 Å². The lowest BCUT2D eigenvalue weighted by Crippen LogP contribution is -2.44. The maximum absolute atomic E-state index is 11.9. The Morgan fingerprint density at radius 1 is 1.28 bits per heavy atom. The van der Waals surface area contributed by atoms with Crippen LogP contribution in [0.15, 0.2) is 0 Å². The van der Waals surface area contributed by atoms with Gasteiger partial charge in [-0.25, -0.2) is 0 Å². The highest BCUT2D eigenvalue weighted by Gasteiger charge is 2.20. The molecule has 0 aromatic heterocycles. The maximum atomic E-state index is 11.9. The molecule has 0 amide bonds. The zero-order valence-corrected chi connectivity index (χ0v) is 12.3. The summed E-state index contributed by atoms with van der Waals surface area (Å²) in [6.45, 7) is 1.33. The summed E-state index contributed by atoms with van der Waals surface area (Å²) in [6, 6.07) is 0. The van der Waals surface area contributed by atoms with E-state index in [9.17, 15) is 8.42 Å². The van der Waals surface area contributed by atoms with Crippen molar-refractivity contribution in [2.24, 2.45) is 5.73 Å². The van der Waals surface area contributed by atoms with E-state index in [1.54, 1.807) is 0 Å². The molecular formula is C9H21N3O4S2. The van der Waals surface area contributed by atoms with Crippen LogP contribution in [0.4, 0.5) is 0 Å². The molecular weight excluding hydrogens is 278 g/mol. The fourth-order valence-corrected chi connectivity index (χ4v) is 2.41. The number of thiocarbonyl (C=S) groups is 1. The van der Waals surface area contributed by atoms with E-state index in [0.29, 0.717) is 19.6 Å². The maximum Gasteiger partial charge on any atom is 0.279 e. The number of rotatable bonds is 11. The van der Waals surface area contributed by atoms with Gasteiger partial charge in [0.1, 0.15) is 0 Å². The van der Waals surface area contributed by atoms with Crippen LogP contribution in [0.5, 0.6) is 0 Å². The molecule has 0 saturated carbocycles. The van der Waals surface area contributed by atoms with Gasteiger partial charge in [0.15, 0.2) is 0 Å². The predicted molar refractivity (Wildman–Crippen MR) is 73.6 cm³/mol. The van der Waals surface area contributed by atoms with Gasteiger partial charge in [-0.1, -0.05) is 12.2 Å². The van der Waals surface area contributed by atoms with Crippen molar-refractivity contribution in [3.8, 4) is 0 Å². The average Bonchev–Trinajstić information content (AvgIpc) is 2.28. The van der Waals surface area contributed by atoms with Crippen LogP contribution in [0.3, 0.4) is 0 Å². The molecule has 7 nitrogen and oxygen atoms in total. The minimum Gasteiger partial charge on any atom is -0.393 e. The van der Waals surface area contributed by atoms with Gasteiger partial charge in [-0.2, -0.15) is 17.4 Å². The number of nitrogens with zero attached hydrogens (tertiary/aromatic N) is 1. The van der Waals surface area contributed by atoms with Crippen LogP contribution < -0.4 is 10.5 Å². The summed E-state index contributed by atoms with van der Waals surface area (Å²) in [6.07, 6.45) is 0.338. The van der Waals surface area contributed by atoms with E-state index in [1.165, 1.54) is 18.5 Å². The first kappa shape index (κ1) is 17.7. The normalized spacial score (nSPS) is 11.9. The molecule has 0 saturated heterocycles. The topological polar surface area (TPSA) is 93.9 Å². The van der Waals surface area contributed by atoms with Crippen molar-refractivity contribution in [1.82, 2.24) is 9.03 Å². The Morgan fingerprint density at radius 2 is 1.89 bits per heavy atom. The molecule has 0 unspecified atom stereocenters. The number of hydrogen-bond donors (Lipinski definition) is 2. The Morgan fingerprint density at radius 3 is 2.39 bits per heavy atom. The smallest absolute Gasteiger partial charge is 0.279 e. The van der Waals surface area contributed by atoms with Crippen molar-refractivity contribution in [3.63, 3.8) is 0 Å². The Labute approximate surface area is 114 Å². The van der Waals surface area contributed by atoms with Crippen LogP contribution in [0.25, 0.3) is 0 Å². The molecule has 0 fully saturated rings. The van der Waals surface area contributed by atoms with Crippen LogP contribution in [0.2, 0.25) is 0 Å². The molecule has 0 bridgehead atoms. The molecule has 0 rings (SSSR count). The SMILES string of the molecule is COCCNS(=O)(=O)N(CCOC)CCC(N)=S.